The molecule has 1 heterocycles. The van der Waals surface area contributed by atoms with Crippen LogP contribution in [0, 0.1) is 0 Å². The van der Waals surface area contributed by atoms with E-state index in [0.29, 0.717) is 18.6 Å². The molecule has 0 radical (unpaired) electrons. The van der Waals surface area contributed by atoms with Crippen molar-refractivity contribution in [2.24, 2.45) is 0 Å². The second-order valence-electron chi connectivity index (χ2n) is 5.33. The second kappa shape index (κ2) is 6.69. The van der Waals surface area contributed by atoms with Crippen LogP contribution in [0.4, 0.5) is 0 Å². The Hall–Kier alpha value is -1.92. The van der Waals surface area contributed by atoms with Crippen molar-refractivity contribution in [3.63, 3.8) is 0 Å². The molecular formula is C15H20N2O4. The Morgan fingerprint density at radius 3 is 2.71 bits per heavy atom. The Morgan fingerprint density at radius 2 is 2.10 bits per heavy atom. The lowest BCUT2D eigenvalue weighted by atomic mass is 10.0. The van der Waals surface area contributed by atoms with E-state index >= 15 is 0 Å². The number of nitrogens with zero attached hydrogens (tertiary/aromatic N) is 1. The summed E-state index contributed by atoms with van der Waals surface area (Å²) in [6, 6.07) is 8.78. The summed E-state index contributed by atoms with van der Waals surface area (Å²) in [6.45, 7) is 0.814. The first-order valence-corrected chi connectivity index (χ1v) is 6.87. The third-order valence-electron chi connectivity index (χ3n) is 3.45. The lowest BCUT2D eigenvalue weighted by Gasteiger charge is -2.22. The second-order valence-corrected chi connectivity index (χ2v) is 5.33. The van der Waals surface area contributed by atoms with E-state index in [9.17, 15) is 14.7 Å². The topological polar surface area (TPSA) is 78.9 Å². The van der Waals surface area contributed by atoms with Crippen LogP contribution < -0.4 is 5.32 Å². The fraction of sp³-hybridized carbons (Fsp3) is 0.467. The number of benzene rings is 1. The fourth-order valence-electron chi connectivity index (χ4n) is 2.14. The Kier molecular flexibility index (Phi) is 4.93. The van der Waals surface area contributed by atoms with Crippen LogP contribution in [0.2, 0.25) is 0 Å². The van der Waals surface area contributed by atoms with Gasteiger partial charge in [0.25, 0.3) is 5.91 Å². The highest BCUT2D eigenvalue weighted by Crippen LogP contribution is 2.16. The van der Waals surface area contributed by atoms with Crippen molar-refractivity contribution < 1.29 is 19.4 Å². The van der Waals surface area contributed by atoms with Crippen molar-refractivity contribution in [3.8, 4) is 0 Å². The number of ether oxygens (including phenoxy) is 1. The predicted octanol–water partition coefficient (Wildman–Crippen LogP) is 0.0262. The summed E-state index contributed by atoms with van der Waals surface area (Å²) in [5.41, 5.74) is -0.451. The van der Waals surface area contributed by atoms with Crippen LogP contribution in [-0.2, 0) is 9.53 Å². The van der Waals surface area contributed by atoms with Gasteiger partial charge in [-0.3, -0.25) is 9.59 Å². The molecule has 2 rings (SSSR count). The molecule has 0 aromatic heterocycles. The molecule has 1 aliphatic rings. The minimum Gasteiger partial charge on any atom is -0.386 e. The summed E-state index contributed by atoms with van der Waals surface area (Å²) in [6.07, 6.45) is 0.506. The highest BCUT2D eigenvalue weighted by Gasteiger charge is 2.32. The maximum atomic E-state index is 12.1. The molecule has 1 saturated heterocycles. The Bertz CT molecular complexity index is 498. The third-order valence-corrected chi connectivity index (χ3v) is 3.45. The van der Waals surface area contributed by atoms with Gasteiger partial charge in [-0.1, -0.05) is 18.2 Å². The van der Waals surface area contributed by atoms with E-state index in [4.69, 9.17) is 4.74 Å². The molecule has 114 valence electrons. The number of carbonyl (C=O) groups excluding carboxylic acids is 2. The van der Waals surface area contributed by atoms with E-state index < -0.39 is 5.60 Å². The van der Waals surface area contributed by atoms with Gasteiger partial charge in [0.15, 0.2) is 0 Å². The zero-order valence-electron chi connectivity index (χ0n) is 12.0. The van der Waals surface area contributed by atoms with Crippen molar-refractivity contribution in [1.29, 1.82) is 0 Å². The van der Waals surface area contributed by atoms with Gasteiger partial charge in [0.05, 0.1) is 13.2 Å². The van der Waals surface area contributed by atoms with Crippen molar-refractivity contribution in [2.45, 2.75) is 12.0 Å². The van der Waals surface area contributed by atoms with Gasteiger partial charge < -0.3 is 20.1 Å². The monoisotopic (exact) mass is 292 g/mol. The number of aliphatic hydroxyl groups is 1. The molecule has 1 aromatic carbocycles. The summed E-state index contributed by atoms with van der Waals surface area (Å²) < 4.78 is 5.10. The number of hydrogen-bond acceptors (Lipinski definition) is 4. The molecule has 1 aromatic rings. The van der Waals surface area contributed by atoms with Gasteiger partial charge in [0, 0.05) is 32.2 Å². The third kappa shape index (κ3) is 4.27. The number of likely N-dealkylation sites (N-methyl/N-ethyl adjacent to an activating group) is 1. The zero-order valence-corrected chi connectivity index (χ0v) is 12.0. The minimum absolute atomic E-state index is 0.0509. The first-order chi connectivity index (χ1) is 10.0. The molecule has 2 amide bonds. The number of hydrogen-bond donors (Lipinski definition) is 2. The van der Waals surface area contributed by atoms with Crippen LogP contribution in [0.1, 0.15) is 16.8 Å². The van der Waals surface area contributed by atoms with Crippen LogP contribution >= 0.6 is 0 Å². The normalized spacial score (nSPS) is 21.0. The molecular weight excluding hydrogens is 272 g/mol. The highest BCUT2D eigenvalue weighted by molar-refractivity contribution is 5.96. The van der Waals surface area contributed by atoms with E-state index in [1.165, 1.54) is 4.90 Å². The van der Waals surface area contributed by atoms with E-state index in [-0.39, 0.29) is 31.5 Å². The molecule has 1 atom stereocenters. The van der Waals surface area contributed by atoms with E-state index in [1.54, 1.807) is 31.3 Å². The maximum absolute atomic E-state index is 12.1. The summed E-state index contributed by atoms with van der Waals surface area (Å²) in [7, 11) is 1.57. The maximum Gasteiger partial charge on any atom is 0.254 e. The molecule has 1 aliphatic heterocycles. The van der Waals surface area contributed by atoms with Crippen LogP contribution in [0.5, 0.6) is 0 Å². The Labute approximate surface area is 123 Å². The first-order valence-electron chi connectivity index (χ1n) is 6.87. The van der Waals surface area contributed by atoms with E-state index in [0.717, 1.165) is 0 Å². The smallest absolute Gasteiger partial charge is 0.254 e. The molecule has 0 bridgehead atoms. The zero-order chi connectivity index (χ0) is 15.3. The molecule has 2 N–H and O–H groups in total. The molecule has 1 unspecified atom stereocenters. The van der Waals surface area contributed by atoms with Gasteiger partial charge in [-0.15, -0.1) is 0 Å². The molecule has 6 nitrogen and oxygen atoms in total. The summed E-state index contributed by atoms with van der Waals surface area (Å²) >= 11 is 0. The van der Waals surface area contributed by atoms with Gasteiger partial charge in [0.2, 0.25) is 5.91 Å². The number of carbonyl (C=O) groups is 2. The van der Waals surface area contributed by atoms with Gasteiger partial charge in [0.1, 0.15) is 5.60 Å². The van der Waals surface area contributed by atoms with Crippen LogP contribution in [0.25, 0.3) is 0 Å². The van der Waals surface area contributed by atoms with Gasteiger partial charge >= 0.3 is 0 Å². The Morgan fingerprint density at radius 1 is 1.38 bits per heavy atom. The quantitative estimate of drug-likeness (QED) is 0.802. The number of amides is 2. The molecule has 0 saturated carbocycles. The van der Waals surface area contributed by atoms with Crippen LogP contribution in [-0.4, -0.2) is 60.8 Å². The van der Waals surface area contributed by atoms with Gasteiger partial charge in [-0.25, -0.2) is 0 Å². The van der Waals surface area contributed by atoms with Crippen molar-refractivity contribution in [3.05, 3.63) is 35.9 Å². The highest BCUT2D eigenvalue weighted by atomic mass is 16.5. The molecule has 0 spiro atoms. The Balaban J connectivity index is 1.80. The van der Waals surface area contributed by atoms with Crippen LogP contribution in [0.3, 0.4) is 0 Å². The van der Waals surface area contributed by atoms with Gasteiger partial charge in [-0.05, 0) is 12.1 Å². The molecule has 0 aliphatic carbocycles. The largest absolute Gasteiger partial charge is 0.386 e. The first kappa shape index (κ1) is 15.5. The van der Waals surface area contributed by atoms with Crippen molar-refractivity contribution >= 4 is 11.8 Å². The average Bonchev–Trinajstić information content (AvgIpc) is 2.92. The van der Waals surface area contributed by atoms with Crippen LogP contribution in [0.15, 0.2) is 30.3 Å². The average molecular weight is 292 g/mol. The van der Waals surface area contributed by atoms with Crippen molar-refractivity contribution in [1.82, 2.24) is 10.2 Å². The molecule has 21 heavy (non-hydrogen) atoms. The lowest BCUT2D eigenvalue weighted by Crippen LogP contribution is -2.46. The standard InChI is InChI=1S/C15H20N2O4/c1-17(14(19)12-5-3-2-4-6-12)9-13(18)16-10-15(20)7-8-21-11-15/h2-6,20H,7-11H2,1H3,(H,16,18). The molecule has 6 heteroatoms. The fourth-order valence-corrected chi connectivity index (χ4v) is 2.14. The summed E-state index contributed by atoms with van der Waals surface area (Å²) in [4.78, 5) is 25.3. The van der Waals surface area contributed by atoms with E-state index in [2.05, 4.69) is 5.32 Å². The summed E-state index contributed by atoms with van der Waals surface area (Å²) in [5, 5.41) is 12.7. The SMILES string of the molecule is CN(CC(=O)NCC1(O)CCOC1)C(=O)c1ccccc1. The molecule has 1 fully saturated rings. The summed E-state index contributed by atoms with van der Waals surface area (Å²) in [5.74, 6) is -0.518. The minimum atomic E-state index is -0.988. The van der Waals surface area contributed by atoms with Crippen molar-refractivity contribution in [2.75, 3.05) is 33.4 Å². The van der Waals surface area contributed by atoms with Gasteiger partial charge in [-0.2, -0.15) is 0 Å². The lowest BCUT2D eigenvalue weighted by molar-refractivity contribution is -0.122. The predicted molar refractivity (Wildman–Crippen MR) is 76.8 cm³/mol. The number of nitrogens with one attached hydrogen (secondary N) is 1. The van der Waals surface area contributed by atoms with E-state index in [1.807, 2.05) is 6.07 Å². The number of rotatable bonds is 5.